The van der Waals surface area contributed by atoms with Crippen LogP contribution in [0.2, 0.25) is 0 Å². The summed E-state index contributed by atoms with van der Waals surface area (Å²) in [5.41, 5.74) is 9.53. The first-order valence-corrected chi connectivity index (χ1v) is 12.8. The number of ether oxygens (including phenoxy) is 1. The summed E-state index contributed by atoms with van der Waals surface area (Å²) in [6, 6.07) is 9.41. The van der Waals surface area contributed by atoms with Crippen molar-refractivity contribution in [1.82, 2.24) is 9.29 Å². The molecule has 2 heterocycles. The molecule has 0 radical (unpaired) electrons. The second-order valence-electron chi connectivity index (χ2n) is 8.10. The van der Waals surface area contributed by atoms with Crippen LogP contribution in [0.25, 0.3) is 0 Å². The van der Waals surface area contributed by atoms with Crippen molar-refractivity contribution in [1.29, 1.82) is 0 Å². The number of aromatic nitrogens is 1. The lowest BCUT2D eigenvalue weighted by Gasteiger charge is -2.19. The predicted octanol–water partition coefficient (Wildman–Crippen LogP) is 2.97. The number of pyridine rings is 1. The summed E-state index contributed by atoms with van der Waals surface area (Å²) in [6.07, 6.45) is 5.90. The quantitative estimate of drug-likeness (QED) is 0.420. The van der Waals surface area contributed by atoms with E-state index in [1.165, 1.54) is 20.4 Å². The van der Waals surface area contributed by atoms with Gasteiger partial charge in [-0.25, -0.2) is 4.98 Å². The van der Waals surface area contributed by atoms with Gasteiger partial charge in [0.1, 0.15) is 18.2 Å². The van der Waals surface area contributed by atoms with E-state index in [-0.39, 0.29) is 0 Å². The molecule has 0 atom stereocenters. The van der Waals surface area contributed by atoms with Gasteiger partial charge in [-0.1, -0.05) is 5.16 Å². The highest BCUT2D eigenvalue weighted by atomic mass is 32.2. The first-order chi connectivity index (χ1) is 16.0. The highest BCUT2D eigenvalue weighted by Crippen LogP contribution is 2.28. The van der Waals surface area contributed by atoms with E-state index in [9.17, 15) is 8.42 Å². The number of nitrogen functional groups attached to an aromatic ring is 1. The van der Waals surface area contributed by atoms with Crippen LogP contribution in [-0.2, 0) is 21.5 Å². The normalized spacial score (nSPS) is 18.6. The minimum absolute atomic E-state index is 0.370. The minimum Gasteiger partial charge on any atom is -0.494 e. The molecular weight excluding hydrogens is 442 g/mol. The van der Waals surface area contributed by atoms with Crippen LogP contribution in [0, 0.1) is 0 Å². The van der Waals surface area contributed by atoms with Gasteiger partial charge in [-0.3, -0.25) is 4.31 Å². The van der Waals surface area contributed by atoms with Crippen LogP contribution >= 0.6 is 0 Å². The lowest BCUT2D eigenvalue weighted by molar-refractivity contribution is 0.158. The Bertz CT molecular complexity index is 1090. The number of anilines is 2. The van der Waals surface area contributed by atoms with Crippen molar-refractivity contribution in [3.05, 3.63) is 47.7 Å². The Morgan fingerprint density at radius 2 is 2.00 bits per heavy atom. The highest BCUT2D eigenvalue weighted by molar-refractivity contribution is 7.90. The molecule has 1 fully saturated rings. The first kappa shape index (κ1) is 23.3. The SMILES string of the molecule is CCO/N=C1\CCc2cc(OCCCCCN3CCN(c4ccc(N)nc4)S3(=O)=O)ccc21. The highest BCUT2D eigenvalue weighted by Gasteiger charge is 2.36. The summed E-state index contributed by atoms with van der Waals surface area (Å²) in [5.74, 6) is 1.23. The summed E-state index contributed by atoms with van der Waals surface area (Å²) < 4.78 is 34.5. The van der Waals surface area contributed by atoms with E-state index in [2.05, 4.69) is 22.3 Å². The molecule has 0 saturated carbocycles. The number of fused-ring (bicyclic) bond motifs is 1. The molecule has 1 aliphatic heterocycles. The number of oxime groups is 1. The number of aryl methyl sites for hydroxylation is 1. The summed E-state index contributed by atoms with van der Waals surface area (Å²) in [7, 11) is -3.51. The fourth-order valence-electron chi connectivity index (χ4n) is 4.14. The van der Waals surface area contributed by atoms with Crippen molar-refractivity contribution in [2.45, 2.75) is 39.0 Å². The number of hydrogen-bond acceptors (Lipinski definition) is 7. The van der Waals surface area contributed by atoms with Crippen molar-refractivity contribution < 1.29 is 18.0 Å². The van der Waals surface area contributed by atoms with E-state index in [1.54, 1.807) is 12.1 Å². The smallest absolute Gasteiger partial charge is 0.304 e. The molecule has 1 saturated heterocycles. The lowest BCUT2D eigenvalue weighted by Crippen LogP contribution is -2.33. The van der Waals surface area contributed by atoms with Crippen molar-refractivity contribution in [3.8, 4) is 5.75 Å². The lowest BCUT2D eigenvalue weighted by atomic mass is 10.1. The van der Waals surface area contributed by atoms with Crippen molar-refractivity contribution in [3.63, 3.8) is 0 Å². The van der Waals surface area contributed by atoms with E-state index in [0.717, 1.165) is 49.1 Å². The van der Waals surface area contributed by atoms with Gasteiger partial charge in [0.2, 0.25) is 0 Å². The van der Waals surface area contributed by atoms with Crippen LogP contribution in [0.4, 0.5) is 11.5 Å². The van der Waals surface area contributed by atoms with E-state index in [4.69, 9.17) is 15.3 Å². The molecule has 9 nitrogen and oxygen atoms in total. The van der Waals surface area contributed by atoms with Gasteiger partial charge in [0.25, 0.3) is 0 Å². The Labute approximate surface area is 195 Å². The van der Waals surface area contributed by atoms with Crippen LogP contribution in [0.3, 0.4) is 0 Å². The topological polar surface area (TPSA) is 110 Å². The Kier molecular flexibility index (Phi) is 7.34. The zero-order valence-electron chi connectivity index (χ0n) is 18.9. The molecule has 33 heavy (non-hydrogen) atoms. The number of benzene rings is 1. The number of unbranched alkanes of at least 4 members (excludes halogenated alkanes) is 2. The maximum absolute atomic E-state index is 12.8. The van der Waals surface area contributed by atoms with Gasteiger partial charge in [-0.05, 0) is 74.9 Å². The van der Waals surface area contributed by atoms with E-state index in [0.29, 0.717) is 44.4 Å². The Morgan fingerprint density at radius 1 is 1.12 bits per heavy atom. The van der Waals surface area contributed by atoms with E-state index < -0.39 is 10.2 Å². The Morgan fingerprint density at radius 3 is 2.79 bits per heavy atom. The monoisotopic (exact) mass is 473 g/mol. The van der Waals surface area contributed by atoms with Gasteiger partial charge in [0, 0.05) is 25.2 Å². The molecule has 2 aromatic rings. The van der Waals surface area contributed by atoms with Crippen LogP contribution in [0.1, 0.15) is 43.7 Å². The molecule has 178 valence electrons. The molecule has 4 rings (SSSR count). The molecular formula is C23H31N5O4S. The van der Waals surface area contributed by atoms with E-state index >= 15 is 0 Å². The van der Waals surface area contributed by atoms with Gasteiger partial charge in [0.15, 0.2) is 0 Å². The van der Waals surface area contributed by atoms with Crippen LogP contribution in [0.5, 0.6) is 5.75 Å². The number of nitrogens with two attached hydrogens (primary N) is 1. The summed E-state index contributed by atoms with van der Waals surface area (Å²) in [5, 5.41) is 4.19. The molecule has 0 bridgehead atoms. The fourth-order valence-corrected chi connectivity index (χ4v) is 5.77. The number of nitrogens with zero attached hydrogens (tertiary/aromatic N) is 4. The van der Waals surface area contributed by atoms with Crippen LogP contribution in [-0.4, -0.2) is 56.3 Å². The van der Waals surface area contributed by atoms with Gasteiger partial charge in [0.05, 0.1) is 24.2 Å². The molecule has 1 aromatic heterocycles. The molecule has 10 heteroatoms. The molecule has 2 aliphatic rings. The molecule has 2 N–H and O–H groups in total. The van der Waals surface area contributed by atoms with Crippen molar-refractivity contribution in [2.24, 2.45) is 5.16 Å². The average molecular weight is 474 g/mol. The second-order valence-corrected chi connectivity index (χ2v) is 9.96. The van der Waals surface area contributed by atoms with Crippen molar-refractivity contribution >= 4 is 27.4 Å². The Balaban J connectivity index is 1.19. The number of rotatable bonds is 10. The van der Waals surface area contributed by atoms with Gasteiger partial charge in [-0.15, -0.1) is 0 Å². The summed E-state index contributed by atoms with van der Waals surface area (Å²) in [4.78, 5) is 9.19. The third-order valence-electron chi connectivity index (χ3n) is 5.86. The summed E-state index contributed by atoms with van der Waals surface area (Å²) in [6.45, 7) is 4.51. The van der Waals surface area contributed by atoms with Crippen LogP contribution in [0.15, 0.2) is 41.7 Å². The predicted molar refractivity (Wildman–Crippen MR) is 129 cm³/mol. The van der Waals surface area contributed by atoms with E-state index in [1.807, 2.05) is 13.0 Å². The Hall–Kier alpha value is -2.85. The molecule has 1 aliphatic carbocycles. The second kappa shape index (κ2) is 10.4. The fraction of sp³-hybridized carbons (Fsp3) is 0.478. The third-order valence-corrected chi connectivity index (χ3v) is 7.83. The third kappa shape index (κ3) is 5.39. The summed E-state index contributed by atoms with van der Waals surface area (Å²) >= 11 is 0. The average Bonchev–Trinajstić information content (AvgIpc) is 3.34. The largest absolute Gasteiger partial charge is 0.494 e. The van der Waals surface area contributed by atoms with Crippen LogP contribution < -0.4 is 14.8 Å². The molecule has 0 spiro atoms. The molecule has 0 unspecified atom stereocenters. The van der Waals surface area contributed by atoms with Crippen molar-refractivity contribution in [2.75, 3.05) is 42.9 Å². The van der Waals surface area contributed by atoms with Gasteiger partial charge in [-0.2, -0.15) is 12.7 Å². The molecule has 0 amide bonds. The zero-order valence-corrected chi connectivity index (χ0v) is 19.8. The zero-order chi connectivity index (χ0) is 23.3. The maximum Gasteiger partial charge on any atom is 0.304 e. The van der Waals surface area contributed by atoms with Gasteiger partial charge >= 0.3 is 10.2 Å². The number of hydrogen-bond donors (Lipinski definition) is 1. The molecule has 1 aromatic carbocycles. The standard InChI is InChI=1S/C23H31N5O4S/c1-2-32-26-22-10-6-18-16-20(8-9-21(18)22)31-15-5-3-4-12-27-13-14-28(33(27,29)30)19-7-11-23(24)25-17-19/h7-9,11,16-17H,2-6,10,12-15H2,1H3,(H2,24,25)/b26-22+. The van der Waals surface area contributed by atoms with Gasteiger partial charge < -0.3 is 15.3 Å². The minimum atomic E-state index is -3.51. The maximum atomic E-state index is 12.8. The first-order valence-electron chi connectivity index (χ1n) is 11.4.